The molecule has 25 heavy (non-hydrogen) atoms. The van der Waals surface area contributed by atoms with Crippen molar-refractivity contribution in [3.05, 3.63) is 18.4 Å². The van der Waals surface area contributed by atoms with Crippen molar-refractivity contribution in [1.29, 1.82) is 0 Å². The maximum atomic E-state index is 12.8. The summed E-state index contributed by atoms with van der Waals surface area (Å²) in [7, 11) is 1.91. The fourth-order valence-corrected chi connectivity index (χ4v) is 5.00. The summed E-state index contributed by atoms with van der Waals surface area (Å²) in [4.78, 5) is 14.9. The van der Waals surface area contributed by atoms with E-state index in [0.29, 0.717) is 23.4 Å². The molecule has 2 atom stereocenters. The zero-order valence-corrected chi connectivity index (χ0v) is 15.4. The number of fused-ring (bicyclic) bond motifs is 1. The molecule has 2 fully saturated rings. The second-order valence-electron chi connectivity index (χ2n) is 6.97. The van der Waals surface area contributed by atoms with Crippen molar-refractivity contribution >= 4 is 17.7 Å². The first kappa shape index (κ1) is 16.7. The molecule has 1 aliphatic heterocycles. The SMILES string of the molecule is Cn1c(SCC(=O)N2CCC[C@@H]3CCCC[C@H]32)nnc1-c1ccco1. The van der Waals surface area contributed by atoms with E-state index in [9.17, 15) is 4.79 Å². The average Bonchev–Trinajstić information content (AvgIpc) is 3.29. The third kappa shape index (κ3) is 3.34. The lowest BCUT2D eigenvalue weighted by Crippen LogP contribution is -2.50. The molecule has 1 aliphatic carbocycles. The summed E-state index contributed by atoms with van der Waals surface area (Å²) in [6.07, 6.45) is 9.10. The quantitative estimate of drug-likeness (QED) is 0.783. The first-order chi connectivity index (χ1) is 12.2. The summed E-state index contributed by atoms with van der Waals surface area (Å²) < 4.78 is 7.27. The molecule has 0 N–H and O–H groups in total. The van der Waals surface area contributed by atoms with E-state index in [1.54, 1.807) is 6.26 Å². The van der Waals surface area contributed by atoms with E-state index in [4.69, 9.17) is 4.42 Å². The Labute approximate surface area is 152 Å². The van der Waals surface area contributed by atoms with Crippen LogP contribution in [-0.4, -0.2) is 43.9 Å². The largest absolute Gasteiger partial charge is 0.461 e. The molecule has 6 nitrogen and oxygen atoms in total. The van der Waals surface area contributed by atoms with Crippen LogP contribution in [0.1, 0.15) is 38.5 Å². The van der Waals surface area contributed by atoms with Gasteiger partial charge in [0.05, 0.1) is 12.0 Å². The fourth-order valence-electron chi connectivity index (χ4n) is 4.20. The van der Waals surface area contributed by atoms with E-state index in [-0.39, 0.29) is 5.91 Å². The van der Waals surface area contributed by atoms with E-state index in [2.05, 4.69) is 15.1 Å². The number of amides is 1. The fraction of sp³-hybridized carbons (Fsp3) is 0.611. The van der Waals surface area contributed by atoms with Crippen LogP contribution < -0.4 is 0 Å². The van der Waals surface area contributed by atoms with Gasteiger partial charge in [-0.1, -0.05) is 24.6 Å². The van der Waals surface area contributed by atoms with Crippen LogP contribution in [0.3, 0.4) is 0 Å². The minimum atomic E-state index is 0.240. The summed E-state index contributed by atoms with van der Waals surface area (Å²) in [5.41, 5.74) is 0. The summed E-state index contributed by atoms with van der Waals surface area (Å²) in [6.45, 7) is 0.914. The van der Waals surface area contributed by atoms with Gasteiger partial charge in [-0.15, -0.1) is 10.2 Å². The highest BCUT2D eigenvalue weighted by Crippen LogP contribution is 2.35. The van der Waals surface area contributed by atoms with Gasteiger partial charge in [0.15, 0.2) is 16.7 Å². The number of carbonyl (C=O) groups is 1. The summed E-state index contributed by atoms with van der Waals surface area (Å²) >= 11 is 1.46. The number of hydrogen-bond donors (Lipinski definition) is 0. The van der Waals surface area contributed by atoms with Crippen LogP contribution in [-0.2, 0) is 11.8 Å². The van der Waals surface area contributed by atoms with Crippen molar-refractivity contribution in [3.8, 4) is 11.6 Å². The number of furan rings is 1. The Kier molecular flexibility index (Phi) is 4.83. The second-order valence-corrected chi connectivity index (χ2v) is 7.91. The monoisotopic (exact) mass is 360 g/mol. The molecule has 1 saturated carbocycles. The van der Waals surface area contributed by atoms with Crippen LogP contribution in [0.25, 0.3) is 11.6 Å². The zero-order valence-electron chi connectivity index (χ0n) is 14.6. The van der Waals surface area contributed by atoms with Crippen molar-refractivity contribution in [3.63, 3.8) is 0 Å². The Bertz CT molecular complexity index is 726. The molecule has 1 amide bonds. The first-order valence-electron chi connectivity index (χ1n) is 9.09. The molecule has 1 saturated heterocycles. The van der Waals surface area contributed by atoms with Gasteiger partial charge in [0, 0.05) is 19.6 Å². The van der Waals surface area contributed by atoms with Crippen LogP contribution in [0.4, 0.5) is 0 Å². The Morgan fingerprint density at radius 1 is 1.28 bits per heavy atom. The van der Waals surface area contributed by atoms with Gasteiger partial charge < -0.3 is 13.9 Å². The smallest absolute Gasteiger partial charge is 0.233 e. The minimum absolute atomic E-state index is 0.240. The molecule has 2 aliphatic rings. The summed E-state index contributed by atoms with van der Waals surface area (Å²) in [5.74, 6) is 2.76. The van der Waals surface area contributed by atoms with Gasteiger partial charge in [-0.25, -0.2) is 0 Å². The average molecular weight is 360 g/mol. The number of nitrogens with zero attached hydrogens (tertiary/aromatic N) is 4. The van der Waals surface area contributed by atoms with Crippen molar-refractivity contribution in [1.82, 2.24) is 19.7 Å². The maximum Gasteiger partial charge on any atom is 0.233 e. The number of rotatable bonds is 4. The Balaban J connectivity index is 1.40. The molecule has 0 radical (unpaired) electrons. The number of likely N-dealkylation sites (tertiary alicyclic amines) is 1. The highest BCUT2D eigenvalue weighted by Gasteiger charge is 2.35. The molecule has 2 aromatic heterocycles. The highest BCUT2D eigenvalue weighted by atomic mass is 32.2. The van der Waals surface area contributed by atoms with Gasteiger partial charge in [-0.05, 0) is 43.7 Å². The Morgan fingerprint density at radius 2 is 2.12 bits per heavy atom. The van der Waals surface area contributed by atoms with E-state index >= 15 is 0 Å². The number of thioether (sulfide) groups is 1. The molecule has 0 spiro atoms. The topological polar surface area (TPSA) is 64.2 Å². The molecular weight excluding hydrogens is 336 g/mol. The number of piperidine rings is 1. The Morgan fingerprint density at radius 3 is 2.96 bits per heavy atom. The van der Waals surface area contributed by atoms with Crippen molar-refractivity contribution < 1.29 is 9.21 Å². The molecular formula is C18H24N4O2S. The number of carbonyl (C=O) groups excluding carboxylic acids is 1. The standard InChI is InChI=1S/C18H24N4O2S/c1-21-17(15-9-5-11-24-15)19-20-18(21)25-12-16(23)22-10-4-7-13-6-2-3-8-14(13)22/h5,9,11,13-14H,2-4,6-8,10,12H2,1H3/t13-,14+/m0/s1. The van der Waals surface area contributed by atoms with Gasteiger partial charge in [-0.2, -0.15) is 0 Å². The van der Waals surface area contributed by atoms with Crippen LogP contribution in [0.15, 0.2) is 28.0 Å². The normalized spacial score (nSPS) is 23.5. The van der Waals surface area contributed by atoms with Crippen molar-refractivity contribution in [2.75, 3.05) is 12.3 Å². The van der Waals surface area contributed by atoms with Crippen LogP contribution >= 0.6 is 11.8 Å². The van der Waals surface area contributed by atoms with Gasteiger partial charge >= 0.3 is 0 Å². The molecule has 0 aromatic carbocycles. The molecule has 2 aromatic rings. The molecule has 4 rings (SSSR count). The second kappa shape index (κ2) is 7.23. The maximum absolute atomic E-state index is 12.8. The third-order valence-electron chi connectivity index (χ3n) is 5.46. The van der Waals surface area contributed by atoms with Gasteiger partial charge in [0.25, 0.3) is 0 Å². The lowest BCUT2D eigenvalue weighted by Gasteiger charge is -2.44. The summed E-state index contributed by atoms with van der Waals surface area (Å²) in [6, 6.07) is 4.16. The molecule has 0 unspecified atom stereocenters. The van der Waals surface area contributed by atoms with Gasteiger partial charge in [0.2, 0.25) is 5.91 Å². The van der Waals surface area contributed by atoms with Crippen molar-refractivity contribution in [2.24, 2.45) is 13.0 Å². The lowest BCUT2D eigenvalue weighted by molar-refractivity contribution is -0.134. The van der Waals surface area contributed by atoms with Crippen LogP contribution in [0, 0.1) is 5.92 Å². The first-order valence-corrected chi connectivity index (χ1v) is 10.1. The van der Waals surface area contributed by atoms with E-state index < -0.39 is 0 Å². The molecule has 134 valence electrons. The molecule has 0 bridgehead atoms. The number of hydrogen-bond acceptors (Lipinski definition) is 5. The third-order valence-corrected chi connectivity index (χ3v) is 6.47. The number of aromatic nitrogens is 3. The van der Waals surface area contributed by atoms with Crippen LogP contribution in [0.2, 0.25) is 0 Å². The predicted molar refractivity (Wildman–Crippen MR) is 96.1 cm³/mol. The van der Waals surface area contributed by atoms with Gasteiger partial charge in [-0.3, -0.25) is 4.79 Å². The van der Waals surface area contributed by atoms with Crippen LogP contribution in [0.5, 0.6) is 0 Å². The highest BCUT2D eigenvalue weighted by molar-refractivity contribution is 7.99. The van der Waals surface area contributed by atoms with E-state index in [1.165, 1.54) is 43.9 Å². The zero-order chi connectivity index (χ0) is 17.2. The molecule has 7 heteroatoms. The van der Waals surface area contributed by atoms with Gasteiger partial charge in [0.1, 0.15) is 0 Å². The minimum Gasteiger partial charge on any atom is -0.461 e. The van der Waals surface area contributed by atoms with Crippen molar-refractivity contribution in [2.45, 2.75) is 49.7 Å². The predicted octanol–water partition coefficient (Wildman–Crippen LogP) is 3.35. The van der Waals surface area contributed by atoms with E-state index in [1.807, 2.05) is 23.7 Å². The summed E-state index contributed by atoms with van der Waals surface area (Å²) in [5, 5.41) is 9.15. The lowest BCUT2D eigenvalue weighted by atomic mass is 9.78. The molecule has 3 heterocycles. The Hall–Kier alpha value is -1.76. The van der Waals surface area contributed by atoms with E-state index in [0.717, 1.165) is 24.0 Å².